The second-order valence-corrected chi connectivity index (χ2v) is 7.93. The number of aryl methyl sites for hydroxylation is 1. The Labute approximate surface area is 179 Å². The second-order valence-electron chi connectivity index (χ2n) is 7.12. The van der Waals surface area contributed by atoms with E-state index < -0.39 is 0 Å². The number of pyridine rings is 1. The molecule has 3 aromatic rings. The number of hydrogen-bond donors (Lipinski definition) is 0. The third-order valence-corrected chi connectivity index (χ3v) is 5.91. The van der Waals surface area contributed by atoms with Gasteiger partial charge in [-0.15, -0.1) is 0 Å². The van der Waals surface area contributed by atoms with Crippen LogP contribution < -0.4 is 0 Å². The molecule has 1 aliphatic heterocycles. The Balaban J connectivity index is 1.55. The van der Waals surface area contributed by atoms with E-state index in [4.69, 9.17) is 28.2 Å². The molecular formula is C22H20Cl2N4O. The Kier molecular flexibility index (Phi) is 5.79. The van der Waals surface area contributed by atoms with Gasteiger partial charge in [-0.2, -0.15) is 0 Å². The molecule has 7 heteroatoms. The zero-order chi connectivity index (χ0) is 20.4. The molecule has 1 aromatic carbocycles. The van der Waals surface area contributed by atoms with Gasteiger partial charge in [-0.1, -0.05) is 29.3 Å². The normalized spacial score (nSPS) is 14.8. The van der Waals surface area contributed by atoms with Crippen molar-refractivity contribution in [1.29, 1.82) is 0 Å². The van der Waals surface area contributed by atoms with Crippen LogP contribution in [0.5, 0.6) is 0 Å². The first-order valence-electron chi connectivity index (χ1n) is 9.52. The van der Waals surface area contributed by atoms with Crippen molar-refractivity contribution in [1.82, 2.24) is 19.9 Å². The Morgan fingerprint density at radius 3 is 2.38 bits per heavy atom. The van der Waals surface area contributed by atoms with Gasteiger partial charge in [-0.3, -0.25) is 9.78 Å². The van der Waals surface area contributed by atoms with Crippen LogP contribution in [0.25, 0.3) is 11.1 Å². The van der Waals surface area contributed by atoms with E-state index >= 15 is 0 Å². The minimum atomic E-state index is -0.118. The predicted octanol–water partition coefficient (Wildman–Crippen LogP) is 5.17. The number of benzene rings is 1. The van der Waals surface area contributed by atoms with E-state index in [2.05, 4.69) is 9.97 Å². The van der Waals surface area contributed by atoms with Crippen molar-refractivity contribution < 1.29 is 4.79 Å². The summed E-state index contributed by atoms with van der Waals surface area (Å²) in [7, 11) is 0. The highest BCUT2D eigenvalue weighted by Gasteiger charge is 2.29. The molecule has 0 unspecified atom stereocenters. The average Bonchev–Trinajstić information content (AvgIpc) is 2.74. The Hall–Kier alpha value is -2.50. The van der Waals surface area contributed by atoms with Gasteiger partial charge in [0.25, 0.3) is 5.91 Å². The predicted molar refractivity (Wildman–Crippen MR) is 114 cm³/mol. The first-order valence-corrected chi connectivity index (χ1v) is 10.3. The third kappa shape index (κ3) is 4.11. The minimum absolute atomic E-state index is 0.118. The smallest absolute Gasteiger partial charge is 0.256 e. The summed E-state index contributed by atoms with van der Waals surface area (Å²) in [6, 6.07) is 9.06. The molecule has 0 radical (unpaired) electrons. The van der Waals surface area contributed by atoms with Crippen molar-refractivity contribution in [3.05, 3.63) is 76.0 Å². The van der Waals surface area contributed by atoms with Crippen molar-refractivity contribution in [3.8, 4) is 11.1 Å². The van der Waals surface area contributed by atoms with Gasteiger partial charge in [-0.25, -0.2) is 9.97 Å². The summed E-state index contributed by atoms with van der Waals surface area (Å²) in [6.45, 7) is 3.16. The van der Waals surface area contributed by atoms with E-state index in [1.54, 1.807) is 30.6 Å². The van der Waals surface area contributed by atoms with Crippen molar-refractivity contribution in [2.24, 2.45) is 0 Å². The lowest BCUT2D eigenvalue weighted by Gasteiger charge is -2.33. The van der Waals surface area contributed by atoms with E-state index in [9.17, 15) is 4.79 Å². The van der Waals surface area contributed by atoms with Gasteiger partial charge in [0.2, 0.25) is 0 Å². The third-order valence-electron chi connectivity index (χ3n) is 5.28. The first kappa shape index (κ1) is 19.8. The number of likely N-dealkylation sites (tertiary alicyclic amines) is 1. The highest BCUT2D eigenvalue weighted by molar-refractivity contribution is 6.39. The number of aromatic nitrogens is 3. The monoisotopic (exact) mass is 426 g/mol. The number of carbonyl (C=O) groups is 1. The topological polar surface area (TPSA) is 59.0 Å². The van der Waals surface area contributed by atoms with Crippen molar-refractivity contribution >= 4 is 29.1 Å². The molecule has 1 fully saturated rings. The molecule has 3 heterocycles. The van der Waals surface area contributed by atoms with Crippen LogP contribution in [-0.2, 0) is 0 Å². The number of carbonyl (C=O) groups excluding carboxylic acids is 1. The summed E-state index contributed by atoms with van der Waals surface area (Å²) in [5.74, 6) is 0.886. The quantitative estimate of drug-likeness (QED) is 0.579. The summed E-state index contributed by atoms with van der Waals surface area (Å²) < 4.78 is 0. The highest BCUT2D eigenvalue weighted by Crippen LogP contribution is 2.35. The molecule has 0 spiro atoms. The average molecular weight is 427 g/mol. The largest absolute Gasteiger partial charge is 0.339 e. The zero-order valence-corrected chi connectivity index (χ0v) is 17.5. The lowest BCUT2D eigenvalue weighted by atomic mass is 9.89. The SMILES string of the molecule is Cc1ncc(-c2ccncc2)c(C2CCN(C(=O)c3c(Cl)cccc3Cl)CC2)n1. The Morgan fingerprint density at radius 1 is 1.07 bits per heavy atom. The van der Waals surface area contributed by atoms with Gasteiger partial charge in [0.15, 0.2) is 0 Å². The maximum atomic E-state index is 13.0. The van der Waals surface area contributed by atoms with Crippen LogP contribution in [0.3, 0.4) is 0 Å². The zero-order valence-electron chi connectivity index (χ0n) is 16.0. The molecule has 1 amide bonds. The number of rotatable bonds is 3. The van der Waals surface area contributed by atoms with E-state index in [0.29, 0.717) is 28.7 Å². The fourth-order valence-electron chi connectivity index (χ4n) is 3.77. The summed E-state index contributed by atoms with van der Waals surface area (Å²) in [5, 5.41) is 0.770. The number of halogens is 2. The van der Waals surface area contributed by atoms with Crippen molar-refractivity contribution in [2.45, 2.75) is 25.7 Å². The van der Waals surface area contributed by atoms with E-state index in [-0.39, 0.29) is 11.8 Å². The fraction of sp³-hybridized carbons (Fsp3) is 0.273. The minimum Gasteiger partial charge on any atom is -0.339 e. The van der Waals surface area contributed by atoms with Crippen molar-refractivity contribution in [2.75, 3.05) is 13.1 Å². The molecular weight excluding hydrogens is 407 g/mol. The summed E-state index contributed by atoms with van der Waals surface area (Å²) in [6.07, 6.45) is 7.07. The standard InChI is InChI=1S/C22H20Cl2N4O/c1-14-26-13-17(15-5-9-25-10-6-15)21(27-14)16-7-11-28(12-8-16)22(29)20-18(23)3-2-4-19(20)24/h2-6,9-10,13,16H,7-8,11-12H2,1H3. The van der Waals surface area contributed by atoms with Gasteiger partial charge in [0, 0.05) is 43.2 Å². The maximum Gasteiger partial charge on any atom is 0.256 e. The number of amides is 1. The summed E-state index contributed by atoms with van der Waals surface area (Å²) >= 11 is 12.4. The van der Waals surface area contributed by atoms with Crippen LogP contribution in [0.4, 0.5) is 0 Å². The number of piperidine rings is 1. The molecule has 2 aromatic heterocycles. The summed E-state index contributed by atoms with van der Waals surface area (Å²) in [4.78, 5) is 28.0. The second kappa shape index (κ2) is 8.47. The molecule has 0 saturated carbocycles. The van der Waals surface area contributed by atoms with Gasteiger partial charge < -0.3 is 4.90 Å². The first-order chi connectivity index (χ1) is 14.0. The Bertz CT molecular complexity index is 1010. The van der Waals surface area contributed by atoms with E-state index in [0.717, 1.165) is 35.5 Å². The molecule has 0 atom stereocenters. The highest BCUT2D eigenvalue weighted by atomic mass is 35.5. The number of hydrogen-bond acceptors (Lipinski definition) is 4. The molecule has 0 bridgehead atoms. The molecule has 148 valence electrons. The summed E-state index contributed by atoms with van der Waals surface area (Å²) in [5.41, 5.74) is 3.49. The van der Waals surface area contributed by atoms with Gasteiger partial charge in [0.05, 0.1) is 21.3 Å². The molecule has 5 nitrogen and oxygen atoms in total. The van der Waals surface area contributed by atoms with Crippen molar-refractivity contribution in [3.63, 3.8) is 0 Å². The van der Waals surface area contributed by atoms with Crippen LogP contribution in [0.15, 0.2) is 48.9 Å². The molecule has 4 rings (SSSR count). The van der Waals surface area contributed by atoms with Gasteiger partial charge in [0.1, 0.15) is 5.82 Å². The fourth-order valence-corrected chi connectivity index (χ4v) is 4.33. The number of nitrogens with zero attached hydrogens (tertiary/aromatic N) is 4. The molecule has 0 aliphatic carbocycles. The van der Waals surface area contributed by atoms with E-state index in [1.165, 1.54) is 0 Å². The maximum absolute atomic E-state index is 13.0. The Morgan fingerprint density at radius 2 is 1.72 bits per heavy atom. The van der Waals surface area contributed by atoms with Crippen LogP contribution in [0.2, 0.25) is 10.0 Å². The van der Waals surface area contributed by atoms with Gasteiger partial charge in [-0.05, 0) is 49.6 Å². The van der Waals surface area contributed by atoms with Crippen LogP contribution in [0.1, 0.15) is 40.6 Å². The lowest BCUT2D eigenvalue weighted by Crippen LogP contribution is -2.38. The molecule has 1 aliphatic rings. The molecule has 0 N–H and O–H groups in total. The molecule has 29 heavy (non-hydrogen) atoms. The van der Waals surface area contributed by atoms with Crippen LogP contribution in [0, 0.1) is 6.92 Å². The molecule has 1 saturated heterocycles. The van der Waals surface area contributed by atoms with E-state index in [1.807, 2.05) is 30.2 Å². The van der Waals surface area contributed by atoms with Crippen LogP contribution in [-0.4, -0.2) is 38.8 Å². The van der Waals surface area contributed by atoms with Crippen LogP contribution >= 0.6 is 23.2 Å². The van der Waals surface area contributed by atoms with Gasteiger partial charge >= 0.3 is 0 Å². The lowest BCUT2D eigenvalue weighted by molar-refractivity contribution is 0.0712.